The molecule has 1 heterocycles. The summed E-state index contributed by atoms with van der Waals surface area (Å²) in [5.74, 6) is 0.337. The van der Waals surface area contributed by atoms with E-state index < -0.39 is 0 Å². The second-order valence-electron chi connectivity index (χ2n) is 4.60. The number of nitrogens with one attached hydrogen (secondary N) is 1. The lowest BCUT2D eigenvalue weighted by Gasteiger charge is -2.35. The zero-order valence-electron chi connectivity index (χ0n) is 10.8. The predicted molar refractivity (Wildman–Crippen MR) is 65.7 cm³/mol. The van der Waals surface area contributed by atoms with Crippen LogP contribution in [0.3, 0.4) is 0 Å². The third kappa shape index (κ3) is 5.02. The van der Waals surface area contributed by atoms with Crippen LogP contribution in [0.4, 0.5) is 0 Å². The summed E-state index contributed by atoms with van der Waals surface area (Å²) in [6, 6.07) is 0. The van der Waals surface area contributed by atoms with Crippen LogP contribution in [-0.2, 0) is 9.53 Å². The van der Waals surface area contributed by atoms with Crippen LogP contribution in [0.1, 0.15) is 19.8 Å². The summed E-state index contributed by atoms with van der Waals surface area (Å²) in [6.07, 6.45) is 1.53. The minimum absolute atomic E-state index is 0.0355. The van der Waals surface area contributed by atoms with Crippen molar-refractivity contribution in [2.24, 2.45) is 5.92 Å². The van der Waals surface area contributed by atoms with E-state index in [0.29, 0.717) is 25.6 Å². The molecule has 0 saturated carbocycles. The number of ether oxygens (including phenoxy) is 1. The fraction of sp³-hybridized carbons (Fsp3) is 0.917. The van der Waals surface area contributed by atoms with Crippen LogP contribution in [0.2, 0.25) is 0 Å². The van der Waals surface area contributed by atoms with Crippen molar-refractivity contribution < 1.29 is 14.6 Å². The van der Waals surface area contributed by atoms with Crippen molar-refractivity contribution in [3.63, 3.8) is 0 Å². The quantitative estimate of drug-likeness (QED) is 0.638. The molecule has 0 aromatic heterocycles. The molecule has 1 saturated heterocycles. The van der Waals surface area contributed by atoms with Crippen LogP contribution in [0.5, 0.6) is 0 Å². The summed E-state index contributed by atoms with van der Waals surface area (Å²) in [5, 5.41) is 12.6. The fourth-order valence-electron chi connectivity index (χ4n) is 2.19. The van der Waals surface area contributed by atoms with Crippen molar-refractivity contribution in [3.8, 4) is 0 Å². The van der Waals surface area contributed by atoms with Gasteiger partial charge in [0.25, 0.3) is 0 Å². The molecule has 0 aliphatic carbocycles. The van der Waals surface area contributed by atoms with Crippen molar-refractivity contribution in [3.05, 3.63) is 0 Å². The molecule has 0 aromatic rings. The van der Waals surface area contributed by atoms with Crippen molar-refractivity contribution in [2.75, 3.05) is 39.9 Å². The molecule has 5 nitrogen and oxygen atoms in total. The Hall–Kier alpha value is -0.650. The van der Waals surface area contributed by atoms with Crippen molar-refractivity contribution in [1.29, 1.82) is 0 Å². The van der Waals surface area contributed by atoms with Gasteiger partial charge in [-0.1, -0.05) is 6.92 Å². The van der Waals surface area contributed by atoms with Gasteiger partial charge in [-0.3, -0.25) is 9.69 Å². The van der Waals surface area contributed by atoms with Crippen molar-refractivity contribution in [2.45, 2.75) is 25.9 Å². The predicted octanol–water partition coefficient (Wildman–Crippen LogP) is -0.158. The first kappa shape index (κ1) is 14.4. The molecule has 2 atom stereocenters. The Morgan fingerprint density at radius 2 is 2.35 bits per heavy atom. The van der Waals surface area contributed by atoms with Gasteiger partial charge in [-0.15, -0.1) is 0 Å². The van der Waals surface area contributed by atoms with Crippen molar-refractivity contribution >= 4 is 5.91 Å². The van der Waals surface area contributed by atoms with E-state index in [1.807, 2.05) is 0 Å². The average Bonchev–Trinajstić information content (AvgIpc) is 2.32. The smallest absolute Gasteiger partial charge is 0.234 e. The highest BCUT2D eigenvalue weighted by Crippen LogP contribution is 2.19. The monoisotopic (exact) mass is 244 g/mol. The van der Waals surface area contributed by atoms with Gasteiger partial charge >= 0.3 is 0 Å². The van der Waals surface area contributed by atoms with Crippen LogP contribution in [0.15, 0.2) is 0 Å². The fourth-order valence-corrected chi connectivity index (χ4v) is 2.19. The van der Waals surface area contributed by atoms with Crippen molar-refractivity contribution in [1.82, 2.24) is 10.2 Å². The maximum absolute atomic E-state index is 11.6. The van der Waals surface area contributed by atoms with Gasteiger partial charge in [0.1, 0.15) is 0 Å². The van der Waals surface area contributed by atoms with E-state index in [9.17, 15) is 9.90 Å². The molecule has 0 bridgehead atoms. The van der Waals surface area contributed by atoms with Gasteiger partial charge in [0.2, 0.25) is 5.91 Å². The van der Waals surface area contributed by atoms with E-state index in [2.05, 4.69) is 17.1 Å². The molecular weight excluding hydrogens is 220 g/mol. The SMILES string of the molecule is CCC1CN(CC(=O)NCCOC)CCC1O. The standard InChI is InChI=1S/C12H24N2O3/c1-3-10-8-14(6-4-11(10)15)9-12(16)13-5-7-17-2/h10-11,15H,3-9H2,1-2H3,(H,13,16). The molecule has 1 rings (SSSR count). The molecule has 17 heavy (non-hydrogen) atoms. The number of amides is 1. The molecular formula is C12H24N2O3. The van der Waals surface area contributed by atoms with E-state index >= 15 is 0 Å². The normalized spacial score (nSPS) is 25.8. The number of carbonyl (C=O) groups is 1. The van der Waals surface area contributed by atoms with E-state index in [1.54, 1.807) is 7.11 Å². The first-order chi connectivity index (χ1) is 8.17. The summed E-state index contributed by atoms with van der Waals surface area (Å²) in [7, 11) is 1.62. The Morgan fingerprint density at radius 1 is 1.59 bits per heavy atom. The Balaban J connectivity index is 2.24. The topological polar surface area (TPSA) is 61.8 Å². The lowest BCUT2D eigenvalue weighted by atomic mass is 9.92. The number of piperidine rings is 1. The summed E-state index contributed by atoms with van der Waals surface area (Å²) >= 11 is 0. The number of nitrogens with zero attached hydrogens (tertiary/aromatic N) is 1. The molecule has 5 heteroatoms. The summed E-state index contributed by atoms with van der Waals surface area (Å²) in [6.45, 7) is 5.22. The van der Waals surface area contributed by atoms with Gasteiger partial charge in [-0.25, -0.2) is 0 Å². The first-order valence-corrected chi connectivity index (χ1v) is 6.33. The third-order valence-corrected chi connectivity index (χ3v) is 3.30. The van der Waals surface area contributed by atoms with Gasteiger partial charge in [0.05, 0.1) is 19.3 Å². The van der Waals surface area contributed by atoms with Crippen LogP contribution >= 0.6 is 0 Å². The molecule has 1 aliphatic rings. The molecule has 0 spiro atoms. The minimum atomic E-state index is -0.201. The molecule has 1 aliphatic heterocycles. The number of methoxy groups -OCH3 is 1. The van der Waals surface area contributed by atoms with Crippen LogP contribution in [0, 0.1) is 5.92 Å². The number of carbonyl (C=O) groups excluding carboxylic acids is 1. The van der Waals surface area contributed by atoms with Gasteiger partial charge < -0.3 is 15.2 Å². The number of hydrogen-bond donors (Lipinski definition) is 2. The molecule has 1 amide bonds. The number of hydrogen-bond acceptors (Lipinski definition) is 4. The summed E-state index contributed by atoms with van der Waals surface area (Å²) < 4.78 is 4.87. The van der Waals surface area contributed by atoms with Crippen LogP contribution in [-0.4, -0.2) is 61.9 Å². The average molecular weight is 244 g/mol. The molecule has 0 aromatic carbocycles. The maximum atomic E-state index is 11.6. The molecule has 1 fully saturated rings. The summed E-state index contributed by atoms with van der Waals surface area (Å²) in [4.78, 5) is 13.7. The lowest BCUT2D eigenvalue weighted by molar-refractivity contribution is -0.123. The van der Waals surface area contributed by atoms with E-state index in [-0.39, 0.29) is 12.0 Å². The Kier molecular flexibility index (Phi) is 6.47. The van der Waals surface area contributed by atoms with Gasteiger partial charge in [-0.2, -0.15) is 0 Å². The van der Waals surface area contributed by atoms with Crippen LogP contribution < -0.4 is 5.32 Å². The maximum Gasteiger partial charge on any atom is 0.234 e. The van der Waals surface area contributed by atoms with E-state index in [4.69, 9.17) is 4.74 Å². The Bertz CT molecular complexity index is 236. The largest absolute Gasteiger partial charge is 0.393 e. The highest BCUT2D eigenvalue weighted by atomic mass is 16.5. The van der Waals surface area contributed by atoms with E-state index in [1.165, 1.54) is 0 Å². The summed E-state index contributed by atoms with van der Waals surface area (Å²) in [5.41, 5.74) is 0. The zero-order valence-corrected chi connectivity index (χ0v) is 10.8. The number of aliphatic hydroxyl groups excluding tert-OH is 1. The van der Waals surface area contributed by atoms with Crippen LogP contribution in [0.25, 0.3) is 0 Å². The molecule has 0 radical (unpaired) electrons. The van der Waals surface area contributed by atoms with Gasteiger partial charge in [0, 0.05) is 26.7 Å². The number of rotatable bonds is 6. The Labute approximate surface area is 103 Å². The second kappa shape index (κ2) is 7.63. The molecule has 2 unspecified atom stereocenters. The second-order valence-corrected chi connectivity index (χ2v) is 4.60. The molecule has 2 N–H and O–H groups in total. The Morgan fingerprint density at radius 3 is 3.00 bits per heavy atom. The third-order valence-electron chi connectivity index (χ3n) is 3.30. The molecule has 100 valence electrons. The van der Waals surface area contributed by atoms with Gasteiger partial charge in [-0.05, 0) is 18.8 Å². The van der Waals surface area contributed by atoms with Gasteiger partial charge in [0.15, 0.2) is 0 Å². The minimum Gasteiger partial charge on any atom is -0.393 e. The highest BCUT2D eigenvalue weighted by molar-refractivity contribution is 5.77. The number of aliphatic hydroxyl groups is 1. The zero-order chi connectivity index (χ0) is 12.7. The van der Waals surface area contributed by atoms with E-state index in [0.717, 1.165) is 25.9 Å². The number of likely N-dealkylation sites (tertiary alicyclic amines) is 1. The first-order valence-electron chi connectivity index (χ1n) is 6.33. The highest BCUT2D eigenvalue weighted by Gasteiger charge is 2.27. The lowest BCUT2D eigenvalue weighted by Crippen LogP contribution is -2.47.